The molecule has 0 spiro atoms. The van der Waals surface area contributed by atoms with Gasteiger partial charge in [0.05, 0.1) is 14.2 Å². The quantitative estimate of drug-likeness (QED) is 0.193. The first-order chi connectivity index (χ1) is 19.4. The lowest BCUT2D eigenvalue weighted by Crippen LogP contribution is -2.37. The number of methoxy groups -OCH3 is 2. The first kappa shape index (κ1) is 26.2. The summed E-state index contributed by atoms with van der Waals surface area (Å²) in [6, 6.07) is 14.2. The number of aromatic nitrogens is 8. The SMILES string of the molecule is COc1ccc(-c2nnc3sc([C@@H](O)[C@H](O)[C@H](O)[C@@H](O)c4nn5c(-c6ccc(OC)cc6)nnc5s4)nn23)cc1. The van der Waals surface area contributed by atoms with E-state index in [9.17, 15) is 20.4 Å². The Hall–Kier alpha value is -4.06. The molecule has 0 aliphatic heterocycles. The van der Waals surface area contributed by atoms with Crippen LogP contribution in [-0.4, -0.2) is 86.5 Å². The van der Waals surface area contributed by atoms with Crippen LogP contribution in [0.5, 0.6) is 11.5 Å². The van der Waals surface area contributed by atoms with Crippen LogP contribution in [-0.2, 0) is 0 Å². The highest BCUT2D eigenvalue weighted by molar-refractivity contribution is 7.17. The number of hydrogen-bond acceptors (Lipinski definition) is 14. The number of fused-ring (bicyclic) bond motifs is 2. The summed E-state index contributed by atoms with van der Waals surface area (Å²) in [4.78, 5) is 0.753. The highest BCUT2D eigenvalue weighted by atomic mass is 32.1. The minimum atomic E-state index is -1.79. The number of aliphatic hydroxyl groups is 4. The van der Waals surface area contributed by atoms with Gasteiger partial charge in [-0.3, -0.25) is 0 Å². The molecule has 0 aliphatic carbocycles. The lowest BCUT2D eigenvalue weighted by molar-refractivity contribution is -0.108. The smallest absolute Gasteiger partial charge is 0.235 e. The largest absolute Gasteiger partial charge is 0.497 e. The van der Waals surface area contributed by atoms with Gasteiger partial charge in [-0.2, -0.15) is 19.2 Å². The Labute approximate surface area is 233 Å². The molecule has 0 bridgehead atoms. The fraction of sp³-hybridized carbons (Fsp3) is 0.250. The number of rotatable bonds is 9. The van der Waals surface area contributed by atoms with E-state index in [-0.39, 0.29) is 10.0 Å². The van der Waals surface area contributed by atoms with E-state index in [0.717, 1.165) is 22.7 Å². The van der Waals surface area contributed by atoms with Crippen molar-refractivity contribution in [3.05, 3.63) is 58.5 Å². The van der Waals surface area contributed by atoms with Crippen molar-refractivity contribution in [3.8, 4) is 34.3 Å². The molecule has 4 heterocycles. The molecular weight excluding hydrogens is 560 g/mol. The van der Waals surface area contributed by atoms with Gasteiger partial charge in [-0.25, -0.2) is 0 Å². The molecule has 206 valence electrons. The van der Waals surface area contributed by atoms with E-state index in [1.807, 2.05) is 0 Å². The number of hydrogen-bond donors (Lipinski definition) is 4. The predicted octanol–water partition coefficient (Wildman–Crippen LogP) is 1.52. The Morgan fingerprint density at radius 3 is 1.32 bits per heavy atom. The molecule has 0 radical (unpaired) electrons. The van der Waals surface area contributed by atoms with Gasteiger partial charge in [-0.15, -0.1) is 20.4 Å². The Morgan fingerprint density at radius 1 is 0.600 bits per heavy atom. The molecule has 6 rings (SSSR count). The van der Waals surface area contributed by atoms with Gasteiger partial charge in [-0.1, -0.05) is 22.7 Å². The molecule has 0 saturated heterocycles. The van der Waals surface area contributed by atoms with Crippen molar-refractivity contribution >= 4 is 32.6 Å². The lowest BCUT2D eigenvalue weighted by Gasteiger charge is -2.24. The van der Waals surface area contributed by atoms with E-state index in [0.29, 0.717) is 44.2 Å². The van der Waals surface area contributed by atoms with Crippen LogP contribution in [0.4, 0.5) is 0 Å². The summed E-state index contributed by atoms with van der Waals surface area (Å²) in [7, 11) is 3.14. The molecule has 4 aromatic heterocycles. The van der Waals surface area contributed by atoms with Crippen LogP contribution in [0.2, 0.25) is 0 Å². The molecule has 0 amide bonds. The second kappa shape index (κ2) is 10.5. The summed E-state index contributed by atoms with van der Waals surface area (Å²) in [5, 5.41) is 68.5. The lowest BCUT2D eigenvalue weighted by atomic mass is 10.0. The van der Waals surface area contributed by atoms with Gasteiger partial charge in [-0.05, 0) is 48.5 Å². The maximum atomic E-state index is 10.8. The van der Waals surface area contributed by atoms with Crippen molar-refractivity contribution in [2.45, 2.75) is 24.4 Å². The third-order valence-electron chi connectivity index (χ3n) is 6.21. The van der Waals surface area contributed by atoms with E-state index in [2.05, 4.69) is 30.6 Å². The maximum Gasteiger partial charge on any atom is 0.235 e. The Kier molecular flexibility index (Phi) is 6.87. The zero-order valence-electron chi connectivity index (χ0n) is 20.9. The summed E-state index contributed by atoms with van der Waals surface area (Å²) < 4.78 is 13.2. The van der Waals surface area contributed by atoms with Gasteiger partial charge in [0, 0.05) is 11.1 Å². The standard InChI is InChI=1S/C24H22N8O6S2/c1-37-13-7-3-11(4-8-13)19-25-27-23-31(19)29-21(39-23)17(35)15(33)16(34)18(36)22-30-32-20(26-28-24(32)40-22)12-5-9-14(38-2)10-6-12/h3-10,15-18,33-36H,1-2H3/t15-,16+,17+,18-. The number of ether oxygens (including phenoxy) is 2. The Balaban J connectivity index is 1.21. The second-order valence-electron chi connectivity index (χ2n) is 8.64. The number of benzene rings is 2. The molecule has 16 heteroatoms. The van der Waals surface area contributed by atoms with Crippen LogP contribution >= 0.6 is 22.7 Å². The third-order valence-corrected chi connectivity index (χ3v) is 8.15. The molecule has 0 aliphatic rings. The molecule has 40 heavy (non-hydrogen) atoms. The zero-order valence-corrected chi connectivity index (χ0v) is 22.6. The van der Waals surface area contributed by atoms with Crippen LogP contribution < -0.4 is 9.47 Å². The average Bonchev–Trinajstić information content (AvgIpc) is 3.77. The molecule has 0 saturated carbocycles. The zero-order chi connectivity index (χ0) is 28.0. The van der Waals surface area contributed by atoms with Crippen LogP contribution in [0.3, 0.4) is 0 Å². The van der Waals surface area contributed by atoms with Gasteiger partial charge in [0.15, 0.2) is 11.6 Å². The van der Waals surface area contributed by atoms with E-state index in [1.165, 1.54) is 9.03 Å². The monoisotopic (exact) mass is 582 g/mol. The van der Waals surface area contributed by atoms with E-state index in [1.54, 1.807) is 62.8 Å². The summed E-state index contributed by atoms with van der Waals surface area (Å²) in [6.45, 7) is 0. The van der Waals surface area contributed by atoms with Gasteiger partial charge < -0.3 is 29.9 Å². The van der Waals surface area contributed by atoms with Crippen LogP contribution in [0.25, 0.3) is 32.7 Å². The van der Waals surface area contributed by atoms with Crippen LogP contribution in [0.15, 0.2) is 48.5 Å². The first-order valence-electron chi connectivity index (χ1n) is 11.8. The molecule has 6 aromatic rings. The average molecular weight is 583 g/mol. The Morgan fingerprint density at radius 2 is 0.975 bits per heavy atom. The molecule has 4 N–H and O–H groups in total. The molecule has 0 fully saturated rings. The number of nitrogens with zero attached hydrogens (tertiary/aromatic N) is 8. The first-order valence-corrected chi connectivity index (χ1v) is 13.5. The fourth-order valence-corrected chi connectivity index (χ4v) is 5.74. The van der Waals surface area contributed by atoms with Crippen molar-refractivity contribution < 1.29 is 29.9 Å². The van der Waals surface area contributed by atoms with Crippen molar-refractivity contribution in [3.63, 3.8) is 0 Å². The van der Waals surface area contributed by atoms with E-state index >= 15 is 0 Å². The summed E-state index contributed by atoms with van der Waals surface area (Å²) >= 11 is 1.99. The Bertz CT molecular complexity index is 1630. The molecule has 2 aromatic carbocycles. The molecule has 4 atom stereocenters. The topological polar surface area (TPSA) is 186 Å². The molecular formula is C24H22N8O6S2. The summed E-state index contributed by atoms with van der Waals surface area (Å²) in [5.74, 6) is 2.21. The highest BCUT2D eigenvalue weighted by Gasteiger charge is 2.36. The third kappa shape index (κ3) is 4.55. The minimum absolute atomic E-state index is 0.0818. The molecule has 14 nitrogen and oxygen atoms in total. The highest BCUT2D eigenvalue weighted by Crippen LogP contribution is 2.32. The second-order valence-corrected chi connectivity index (χ2v) is 10.6. The van der Waals surface area contributed by atoms with E-state index in [4.69, 9.17) is 9.47 Å². The van der Waals surface area contributed by atoms with Crippen molar-refractivity contribution in [1.82, 2.24) is 39.6 Å². The summed E-state index contributed by atoms with van der Waals surface area (Å²) in [5.41, 5.74) is 1.43. The maximum absolute atomic E-state index is 10.8. The van der Waals surface area contributed by atoms with E-state index < -0.39 is 24.4 Å². The van der Waals surface area contributed by atoms with Gasteiger partial charge in [0.25, 0.3) is 0 Å². The normalized spacial score (nSPS) is 14.8. The molecule has 0 unspecified atom stereocenters. The minimum Gasteiger partial charge on any atom is -0.497 e. The van der Waals surface area contributed by atoms with Crippen molar-refractivity contribution in [1.29, 1.82) is 0 Å². The van der Waals surface area contributed by atoms with Gasteiger partial charge in [0.1, 0.15) is 45.9 Å². The van der Waals surface area contributed by atoms with Crippen molar-refractivity contribution in [2.75, 3.05) is 14.2 Å². The number of aliphatic hydroxyl groups excluding tert-OH is 4. The summed E-state index contributed by atoms with van der Waals surface area (Å²) in [6.07, 6.45) is -6.83. The van der Waals surface area contributed by atoms with Gasteiger partial charge in [0.2, 0.25) is 9.92 Å². The van der Waals surface area contributed by atoms with Gasteiger partial charge >= 0.3 is 0 Å². The van der Waals surface area contributed by atoms with Crippen LogP contribution in [0, 0.1) is 0 Å². The van der Waals surface area contributed by atoms with Crippen LogP contribution in [0.1, 0.15) is 22.2 Å². The fourth-order valence-electron chi connectivity index (χ4n) is 4.01. The predicted molar refractivity (Wildman–Crippen MR) is 143 cm³/mol. The van der Waals surface area contributed by atoms with Crippen molar-refractivity contribution in [2.24, 2.45) is 0 Å².